The lowest BCUT2D eigenvalue weighted by atomic mass is 10.4. The summed E-state index contributed by atoms with van der Waals surface area (Å²) in [6.45, 7) is 3.41. The van der Waals surface area contributed by atoms with Crippen molar-refractivity contribution in [1.29, 1.82) is 0 Å². The molecule has 1 heterocycles. The summed E-state index contributed by atoms with van der Waals surface area (Å²) >= 11 is 0. The summed E-state index contributed by atoms with van der Waals surface area (Å²) < 4.78 is 0. The van der Waals surface area contributed by atoms with Crippen molar-refractivity contribution in [3.8, 4) is 0 Å². The first-order valence-electron chi connectivity index (χ1n) is 4.21. The molecule has 1 rings (SSSR count). The maximum Gasteiger partial charge on any atom is 0.389 e. The van der Waals surface area contributed by atoms with Gasteiger partial charge in [0.1, 0.15) is 0 Å². The van der Waals surface area contributed by atoms with Crippen LogP contribution in [-0.2, 0) is 19.3 Å². The van der Waals surface area contributed by atoms with Gasteiger partial charge in [0.05, 0.1) is 0 Å². The van der Waals surface area contributed by atoms with Crippen molar-refractivity contribution in [2.45, 2.75) is 19.9 Å². The summed E-state index contributed by atoms with van der Waals surface area (Å²) in [5.74, 6) is -1.72. The van der Waals surface area contributed by atoms with Gasteiger partial charge in [0, 0.05) is 23.4 Å². The number of hydroxylamine groups is 2. The molecule has 1 aliphatic rings. The predicted molar refractivity (Wildman–Crippen MR) is 46.8 cm³/mol. The second-order valence-electron chi connectivity index (χ2n) is 3.02. The van der Waals surface area contributed by atoms with Gasteiger partial charge in [-0.3, -0.25) is 9.68 Å². The average molecular weight is 214 g/mol. The van der Waals surface area contributed by atoms with E-state index in [2.05, 4.69) is 15.0 Å². The molecular weight excluding hydrogens is 204 g/mol. The van der Waals surface area contributed by atoms with Crippen LogP contribution < -0.4 is 5.32 Å². The molecule has 0 aliphatic carbocycles. The Morgan fingerprint density at radius 1 is 1.27 bits per heavy atom. The first kappa shape index (κ1) is 11.0. The molecule has 2 amide bonds. The Labute approximate surface area is 85.5 Å². The summed E-state index contributed by atoms with van der Waals surface area (Å²) in [6.07, 6.45) is 1.73. The molecule has 0 aromatic rings. The van der Waals surface area contributed by atoms with Gasteiger partial charge in [-0.05, 0) is 13.8 Å². The number of carbonyl (C=O) groups is 3. The second-order valence-corrected chi connectivity index (χ2v) is 3.02. The summed E-state index contributed by atoms with van der Waals surface area (Å²) in [4.78, 5) is 41.8. The van der Waals surface area contributed by atoms with E-state index in [9.17, 15) is 14.4 Å². The zero-order chi connectivity index (χ0) is 11.4. The number of carbonyl (C=O) groups excluding carboxylic acids is 3. The van der Waals surface area contributed by atoms with E-state index in [1.54, 1.807) is 13.8 Å². The molecule has 7 nitrogen and oxygen atoms in total. The second kappa shape index (κ2) is 4.45. The molecule has 0 spiro atoms. The van der Waals surface area contributed by atoms with E-state index in [1.807, 2.05) is 0 Å². The van der Waals surface area contributed by atoms with Crippen LogP contribution in [-0.4, -0.2) is 29.2 Å². The summed E-state index contributed by atoms with van der Waals surface area (Å²) in [5.41, 5.74) is 0. The largest absolute Gasteiger partial charge is 0.389 e. The lowest BCUT2D eigenvalue weighted by molar-refractivity contribution is -0.282. The van der Waals surface area contributed by atoms with Crippen molar-refractivity contribution in [2.24, 2.45) is 0 Å². The number of hydrogen-bond acceptors (Lipinski definition) is 5. The van der Waals surface area contributed by atoms with Gasteiger partial charge >= 0.3 is 18.0 Å². The summed E-state index contributed by atoms with van der Waals surface area (Å²) in [6, 6.07) is -0.999. The van der Waals surface area contributed by atoms with Crippen molar-refractivity contribution in [3.63, 3.8) is 0 Å². The first-order chi connectivity index (χ1) is 6.99. The minimum atomic E-state index is -0.861. The van der Waals surface area contributed by atoms with Crippen molar-refractivity contribution in [1.82, 2.24) is 10.5 Å². The molecule has 82 valence electrons. The third kappa shape index (κ3) is 3.29. The Kier molecular flexibility index (Phi) is 3.27. The number of amides is 2. The zero-order valence-electron chi connectivity index (χ0n) is 8.22. The Hall–Kier alpha value is -2.05. The third-order valence-corrected chi connectivity index (χ3v) is 1.28. The summed E-state index contributed by atoms with van der Waals surface area (Å²) in [7, 11) is 0. The van der Waals surface area contributed by atoms with Gasteiger partial charge in [0.15, 0.2) is 0 Å². The zero-order valence-corrected chi connectivity index (χ0v) is 8.22. The lowest BCUT2D eigenvalue weighted by Crippen LogP contribution is -2.43. The van der Waals surface area contributed by atoms with Crippen LogP contribution in [0.1, 0.15) is 13.8 Å². The number of nitrogens with zero attached hydrogens (tertiary/aromatic N) is 1. The quantitative estimate of drug-likeness (QED) is 0.658. The Morgan fingerprint density at radius 2 is 1.73 bits per heavy atom. The van der Waals surface area contributed by atoms with E-state index in [0.29, 0.717) is 0 Å². The molecule has 0 atom stereocenters. The highest BCUT2D eigenvalue weighted by atomic mass is 17.0. The topological polar surface area (TPSA) is 84.9 Å². The molecule has 0 aromatic carbocycles. The molecule has 0 unspecified atom stereocenters. The normalized spacial score (nSPS) is 15.8. The number of urea groups is 1. The molecule has 1 aliphatic heterocycles. The molecule has 0 fully saturated rings. The molecule has 1 N–H and O–H groups in total. The highest BCUT2D eigenvalue weighted by molar-refractivity contribution is 5.93. The molecule has 15 heavy (non-hydrogen) atoms. The fourth-order valence-corrected chi connectivity index (χ4v) is 0.762. The SMILES string of the molecule is CC(C)NC(=O)N1OC(=O)C=CC(=O)O1. The smallest absolute Gasteiger partial charge is 0.331 e. The van der Waals surface area contributed by atoms with Crippen molar-refractivity contribution in [3.05, 3.63) is 12.2 Å². The van der Waals surface area contributed by atoms with E-state index in [1.165, 1.54) is 0 Å². The van der Waals surface area contributed by atoms with E-state index in [-0.39, 0.29) is 11.3 Å². The molecule has 0 radical (unpaired) electrons. The number of nitrogens with one attached hydrogen (secondary N) is 1. The van der Waals surface area contributed by atoms with Crippen molar-refractivity contribution in [2.75, 3.05) is 0 Å². The van der Waals surface area contributed by atoms with E-state index < -0.39 is 18.0 Å². The molecule has 0 bridgehead atoms. The molecular formula is C8H10N2O5. The fraction of sp³-hybridized carbons (Fsp3) is 0.375. The molecule has 7 heteroatoms. The van der Waals surface area contributed by atoms with E-state index >= 15 is 0 Å². The van der Waals surface area contributed by atoms with Gasteiger partial charge in [-0.25, -0.2) is 14.4 Å². The molecule has 0 saturated heterocycles. The minimum absolute atomic E-state index is 0.175. The van der Waals surface area contributed by atoms with Gasteiger partial charge in [-0.1, -0.05) is 0 Å². The van der Waals surface area contributed by atoms with Crippen LogP contribution in [0.2, 0.25) is 0 Å². The van der Waals surface area contributed by atoms with Crippen LogP contribution in [0.25, 0.3) is 0 Å². The first-order valence-corrected chi connectivity index (χ1v) is 4.21. The van der Waals surface area contributed by atoms with Crippen LogP contribution in [0.3, 0.4) is 0 Å². The van der Waals surface area contributed by atoms with Crippen LogP contribution in [0.5, 0.6) is 0 Å². The Morgan fingerprint density at radius 3 is 2.13 bits per heavy atom. The van der Waals surface area contributed by atoms with Crippen molar-refractivity contribution < 1.29 is 24.1 Å². The van der Waals surface area contributed by atoms with Gasteiger partial charge < -0.3 is 5.32 Å². The highest BCUT2D eigenvalue weighted by Crippen LogP contribution is 2.02. The van der Waals surface area contributed by atoms with Gasteiger partial charge in [-0.15, -0.1) is 0 Å². The standard InChI is InChI=1S/C8H10N2O5/c1-5(2)9-8(13)10-14-6(11)3-4-7(12)15-10/h3-5H,1-2H3,(H,9,13). The summed E-state index contributed by atoms with van der Waals surface area (Å²) in [5, 5.41) is 2.60. The maximum absolute atomic E-state index is 11.3. The number of rotatable bonds is 1. The van der Waals surface area contributed by atoms with E-state index in [0.717, 1.165) is 12.2 Å². The van der Waals surface area contributed by atoms with Crippen molar-refractivity contribution >= 4 is 18.0 Å². The van der Waals surface area contributed by atoms with Crippen LogP contribution >= 0.6 is 0 Å². The fourth-order valence-electron chi connectivity index (χ4n) is 0.762. The van der Waals surface area contributed by atoms with Crippen LogP contribution in [0, 0.1) is 0 Å². The van der Waals surface area contributed by atoms with Gasteiger partial charge in [0.25, 0.3) is 0 Å². The average Bonchev–Trinajstić information content (AvgIpc) is 2.27. The van der Waals surface area contributed by atoms with Crippen LogP contribution in [0.4, 0.5) is 4.79 Å². The lowest BCUT2D eigenvalue weighted by Gasteiger charge is -2.17. The van der Waals surface area contributed by atoms with E-state index in [4.69, 9.17) is 0 Å². The van der Waals surface area contributed by atoms with Crippen LogP contribution in [0.15, 0.2) is 12.2 Å². The monoisotopic (exact) mass is 214 g/mol. The molecule has 0 aromatic heterocycles. The van der Waals surface area contributed by atoms with Gasteiger partial charge in [-0.2, -0.15) is 0 Å². The predicted octanol–water partition coefficient (Wildman–Crippen LogP) is -0.107. The number of hydrogen-bond donors (Lipinski definition) is 1. The minimum Gasteiger partial charge on any atom is -0.331 e. The van der Waals surface area contributed by atoms with Gasteiger partial charge in [0.2, 0.25) is 0 Å². The highest BCUT2D eigenvalue weighted by Gasteiger charge is 2.25. The molecule has 0 saturated carbocycles. The Bertz CT molecular complexity index is 303. The Balaban J connectivity index is 2.66. The maximum atomic E-state index is 11.3. The third-order valence-electron chi connectivity index (χ3n) is 1.28.